The van der Waals surface area contributed by atoms with Crippen molar-refractivity contribution in [2.24, 2.45) is 0 Å². The second-order valence-electron chi connectivity index (χ2n) is 4.37. The van der Waals surface area contributed by atoms with E-state index in [1.54, 1.807) is 20.8 Å². The molecule has 0 N–H and O–H groups in total. The average Bonchev–Trinajstić information content (AvgIpc) is 2.15. The van der Waals surface area contributed by atoms with E-state index >= 15 is 0 Å². The summed E-state index contributed by atoms with van der Waals surface area (Å²) in [6.45, 7) is 5.23. The molecule has 1 aromatic carbocycles. The van der Waals surface area contributed by atoms with Crippen LogP contribution in [0.5, 0.6) is 0 Å². The zero-order valence-corrected chi connectivity index (χ0v) is 9.44. The van der Waals surface area contributed by atoms with E-state index in [-0.39, 0.29) is 11.1 Å². The lowest BCUT2D eigenvalue weighted by Crippen LogP contribution is -2.25. The van der Waals surface area contributed by atoms with Gasteiger partial charge in [-0.3, -0.25) is 0 Å². The highest BCUT2D eigenvalue weighted by atomic mass is 16.6. The minimum atomic E-state index is -1.31. The first-order chi connectivity index (χ1) is 7.29. The standard InChI is InChI=1S/C12H14O4/c1-12(2,3)16-11(15)9-6-4-5-8(7-9)10(13)14/h4-7H,1-3H3,(H,13,14)/p-1. The van der Waals surface area contributed by atoms with Crippen LogP contribution in [0.1, 0.15) is 41.5 Å². The van der Waals surface area contributed by atoms with Crippen molar-refractivity contribution in [3.63, 3.8) is 0 Å². The molecule has 0 saturated heterocycles. The highest BCUT2D eigenvalue weighted by Crippen LogP contribution is 2.13. The van der Waals surface area contributed by atoms with Gasteiger partial charge in [-0.2, -0.15) is 0 Å². The van der Waals surface area contributed by atoms with Crippen LogP contribution in [0, 0.1) is 0 Å². The second-order valence-corrected chi connectivity index (χ2v) is 4.37. The monoisotopic (exact) mass is 221 g/mol. The number of aromatic carboxylic acids is 1. The molecule has 0 spiro atoms. The first kappa shape index (κ1) is 12.2. The molecule has 4 nitrogen and oxygen atoms in total. The summed E-state index contributed by atoms with van der Waals surface area (Å²) < 4.78 is 5.11. The number of benzene rings is 1. The molecule has 0 saturated carbocycles. The molecule has 86 valence electrons. The molecule has 0 aromatic heterocycles. The topological polar surface area (TPSA) is 66.4 Å². The summed E-state index contributed by atoms with van der Waals surface area (Å²) in [6, 6.07) is 5.58. The second kappa shape index (κ2) is 4.35. The molecule has 0 bridgehead atoms. The minimum Gasteiger partial charge on any atom is -0.545 e. The Bertz CT molecular complexity index is 415. The van der Waals surface area contributed by atoms with Crippen molar-refractivity contribution in [1.82, 2.24) is 0 Å². The van der Waals surface area contributed by atoms with Crippen LogP contribution in [-0.4, -0.2) is 17.5 Å². The largest absolute Gasteiger partial charge is 0.545 e. The summed E-state index contributed by atoms with van der Waals surface area (Å²) >= 11 is 0. The number of rotatable bonds is 2. The van der Waals surface area contributed by atoms with Gasteiger partial charge in [-0.15, -0.1) is 0 Å². The number of carboxylic acid groups (broad SMARTS) is 1. The third kappa shape index (κ3) is 3.38. The zero-order valence-electron chi connectivity index (χ0n) is 9.44. The first-order valence-electron chi connectivity index (χ1n) is 4.84. The van der Waals surface area contributed by atoms with Gasteiger partial charge in [0.25, 0.3) is 0 Å². The van der Waals surface area contributed by atoms with Gasteiger partial charge in [-0.05, 0) is 38.5 Å². The predicted molar refractivity (Wildman–Crippen MR) is 55.9 cm³/mol. The highest BCUT2D eigenvalue weighted by Gasteiger charge is 2.17. The minimum absolute atomic E-state index is 0.0386. The molecule has 4 heteroatoms. The molecule has 1 rings (SSSR count). The number of ether oxygens (including phenoxy) is 1. The average molecular weight is 221 g/mol. The first-order valence-corrected chi connectivity index (χ1v) is 4.84. The van der Waals surface area contributed by atoms with E-state index in [4.69, 9.17) is 4.74 Å². The predicted octanol–water partition coefficient (Wildman–Crippen LogP) is 1.01. The maximum Gasteiger partial charge on any atom is 0.338 e. The fraction of sp³-hybridized carbons (Fsp3) is 0.333. The van der Waals surface area contributed by atoms with Crippen molar-refractivity contribution in [2.45, 2.75) is 26.4 Å². The summed E-state index contributed by atoms with van der Waals surface area (Å²) in [5.41, 5.74) is -0.436. The Labute approximate surface area is 93.9 Å². The van der Waals surface area contributed by atoms with E-state index in [0.29, 0.717) is 0 Å². The summed E-state index contributed by atoms with van der Waals surface area (Å²) in [6.07, 6.45) is 0. The Kier molecular flexibility index (Phi) is 3.32. The number of carboxylic acids is 1. The summed E-state index contributed by atoms with van der Waals surface area (Å²) in [5, 5.41) is 10.6. The normalized spacial score (nSPS) is 10.9. The maximum atomic E-state index is 11.6. The smallest absolute Gasteiger partial charge is 0.338 e. The van der Waals surface area contributed by atoms with Gasteiger partial charge >= 0.3 is 5.97 Å². The number of hydrogen-bond donors (Lipinski definition) is 0. The van der Waals surface area contributed by atoms with E-state index in [1.807, 2.05) is 0 Å². The van der Waals surface area contributed by atoms with Crippen molar-refractivity contribution >= 4 is 11.9 Å². The summed E-state index contributed by atoms with van der Waals surface area (Å²) in [7, 11) is 0. The molecule has 0 radical (unpaired) electrons. The Morgan fingerprint density at radius 1 is 1.19 bits per heavy atom. The Balaban J connectivity index is 2.92. The molecular weight excluding hydrogens is 208 g/mol. The van der Waals surface area contributed by atoms with Crippen LogP contribution in [0.25, 0.3) is 0 Å². The third-order valence-electron chi connectivity index (χ3n) is 1.73. The van der Waals surface area contributed by atoms with Gasteiger partial charge in [0.05, 0.1) is 11.5 Å². The fourth-order valence-corrected chi connectivity index (χ4v) is 1.11. The SMILES string of the molecule is CC(C)(C)OC(=O)c1cccc(C(=O)[O-])c1. The van der Waals surface area contributed by atoms with Crippen LogP contribution in [0.2, 0.25) is 0 Å². The lowest BCUT2D eigenvalue weighted by molar-refractivity contribution is -0.255. The molecule has 0 heterocycles. The van der Waals surface area contributed by atoms with E-state index in [2.05, 4.69) is 0 Å². The molecule has 0 aliphatic rings. The third-order valence-corrected chi connectivity index (χ3v) is 1.73. The fourth-order valence-electron chi connectivity index (χ4n) is 1.11. The molecule has 16 heavy (non-hydrogen) atoms. The molecule has 0 unspecified atom stereocenters. The Morgan fingerprint density at radius 2 is 1.75 bits per heavy atom. The summed E-state index contributed by atoms with van der Waals surface area (Å²) in [5.74, 6) is -1.86. The van der Waals surface area contributed by atoms with Gasteiger partial charge in [0.1, 0.15) is 5.60 Å². The van der Waals surface area contributed by atoms with Gasteiger partial charge in [-0.1, -0.05) is 12.1 Å². The van der Waals surface area contributed by atoms with Crippen molar-refractivity contribution in [3.8, 4) is 0 Å². The van der Waals surface area contributed by atoms with Crippen molar-refractivity contribution < 1.29 is 19.4 Å². The Morgan fingerprint density at radius 3 is 2.25 bits per heavy atom. The molecular formula is C12H13O4-. The Hall–Kier alpha value is -1.84. The van der Waals surface area contributed by atoms with Gasteiger partial charge in [0.2, 0.25) is 0 Å². The van der Waals surface area contributed by atoms with Gasteiger partial charge in [0.15, 0.2) is 0 Å². The van der Waals surface area contributed by atoms with Crippen LogP contribution in [-0.2, 0) is 4.74 Å². The van der Waals surface area contributed by atoms with E-state index < -0.39 is 17.5 Å². The van der Waals surface area contributed by atoms with Crippen molar-refractivity contribution in [3.05, 3.63) is 35.4 Å². The van der Waals surface area contributed by atoms with E-state index in [0.717, 1.165) is 0 Å². The molecule has 0 fully saturated rings. The molecule has 0 aliphatic carbocycles. The van der Waals surface area contributed by atoms with Crippen molar-refractivity contribution in [2.75, 3.05) is 0 Å². The lowest BCUT2D eigenvalue weighted by Gasteiger charge is -2.19. The van der Waals surface area contributed by atoms with E-state index in [9.17, 15) is 14.7 Å². The number of carbonyl (C=O) groups is 2. The summed E-state index contributed by atoms with van der Waals surface area (Å²) in [4.78, 5) is 22.2. The van der Waals surface area contributed by atoms with Crippen molar-refractivity contribution in [1.29, 1.82) is 0 Å². The van der Waals surface area contributed by atoms with Crippen LogP contribution in [0.3, 0.4) is 0 Å². The van der Waals surface area contributed by atoms with E-state index in [1.165, 1.54) is 24.3 Å². The number of hydrogen-bond acceptors (Lipinski definition) is 4. The maximum absolute atomic E-state index is 11.6. The van der Waals surface area contributed by atoms with Crippen LogP contribution in [0.4, 0.5) is 0 Å². The highest BCUT2D eigenvalue weighted by molar-refractivity contribution is 5.94. The lowest BCUT2D eigenvalue weighted by atomic mass is 10.1. The van der Waals surface area contributed by atoms with Crippen LogP contribution in [0.15, 0.2) is 24.3 Å². The molecule has 0 amide bonds. The molecule has 0 atom stereocenters. The molecule has 0 aliphatic heterocycles. The van der Waals surface area contributed by atoms with Crippen LogP contribution < -0.4 is 5.11 Å². The van der Waals surface area contributed by atoms with Gasteiger partial charge in [-0.25, -0.2) is 4.79 Å². The van der Waals surface area contributed by atoms with Crippen LogP contribution >= 0.6 is 0 Å². The van der Waals surface area contributed by atoms with Gasteiger partial charge < -0.3 is 14.6 Å². The zero-order chi connectivity index (χ0) is 12.3. The molecule has 1 aromatic rings. The number of carbonyl (C=O) groups excluding carboxylic acids is 2. The quantitative estimate of drug-likeness (QED) is 0.699. The number of esters is 1. The van der Waals surface area contributed by atoms with Gasteiger partial charge in [0, 0.05) is 0 Å².